The van der Waals surface area contributed by atoms with Crippen molar-refractivity contribution in [3.63, 3.8) is 0 Å². The second-order valence-electron chi connectivity index (χ2n) is 7.74. The quantitative estimate of drug-likeness (QED) is 0.537. The minimum Gasteiger partial charge on any atom is -0.386 e. The predicted octanol–water partition coefficient (Wildman–Crippen LogP) is 2.87. The zero-order valence-corrected chi connectivity index (χ0v) is 17.4. The van der Waals surface area contributed by atoms with Crippen molar-refractivity contribution in [3.05, 3.63) is 35.6 Å². The van der Waals surface area contributed by atoms with Gasteiger partial charge in [0.1, 0.15) is 11.9 Å². The maximum absolute atomic E-state index is 13.9. The molecule has 0 radical (unpaired) electrons. The van der Waals surface area contributed by atoms with Crippen LogP contribution in [0.1, 0.15) is 50.7 Å². The van der Waals surface area contributed by atoms with Crippen molar-refractivity contribution in [2.24, 2.45) is 4.99 Å². The molecule has 2 aliphatic heterocycles. The number of aliphatic hydroxyl groups excluding tert-OH is 1. The fourth-order valence-electron chi connectivity index (χ4n) is 3.86. The van der Waals surface area contributed by atoms with Crippen molar-refractivity contribution in [2.75, 3.05) is 39.4 Å². The Morgan fingerprint density at radius 2 is 2.10 bits per heavy atom. The Morgan fingerprint density at radius 1 is 1.31 bits per heavy atom. The molecule has 2 aliphatic rings. The smallest absolute Gasteiger partial charge is 0.194 e. The molecule has 2 N–H and O–H groups in total. The first-order valence-corrected chi connectivity index (χ1v) is 10.9. The summed E-state index contributed by atoms with van der Waals surface area (Å²) in [5.74, 6) is 0.358. The van der Waals surface area contributed by atoms with Crippen LogP contribution in [0.3, 0.4) is 0 Å². The van der Waals surface area contributed by atoms with Crippen molar-refractivity contribution in [1.82, 2.24) is 10.2 Å². The number of guanidine groups is 1. The van der Waals surface area contributed by atoms with Gasteiger partial charge in [0.15, 0.2) is 5.96 Å². The Labute approximate surface area is 173 Å². The van der Waals surface area contributed by atoms with Crippen LogP contribution in [0, 0.1) is 5.82 Å². The number of aliphatic hydroxyl groups is 1. The molecule has 162 valence electrons. The van der Waals surface area contributed by atoms with Gasteiger partial charge in [0.25, 0.3) is 0 Å². The average molecular weight is 408 g/mol. The number of hydrogen-bond acceptors (Lipinski definition) is 4. The Balaban J connectivity index is 1.48. The zero-order chi connectivity index (χ0) is 20.5. The molecule has 2 saturated heterocycles. The van der Waals surface area contributed by atoms with Crippen molar-refractivity contribution in [3.8, 4) is 0 Å². The fraction of sp³-hybridized carbons (Fsp3) is 0.682. The maximum Gasteiger partial charge on any atom is 0.194 e. The maximum atomic E-state index is 13.9. The number of rotatable bonds is 7. The first-order valence-electron chi connectivity index (χ1n) is 10.9. The molecule has 3 rings (SSSR count). The molecule has 29 heavy (non-hydrogen) atoms. The summed E-state index contributed by atoms with van der Waals surface area (Å²) < 4.78 is 25.7. The standard InChI is InChI=1S/C22H34FN3O3/c1-2-24-22(25-15-21(27)19-8-3-4-9-20(19)23)26-12-10-17(11-13-26)29-16-18-7-5-6-14-28-18/h3-4,8-9,17-18,21,27H,2,5-7,10-16H2,1H3,(H,24,25). The van der Waals surface area contributed by atoms with Crippen LogP contribution in [0.15, 0.2) is 29.3 Å². The molecule has 1 aromatic carbocycles. The van der Waals surface area contributed by atoms with Gasteiger partial charge in [-0.25, -0.2) is 4.39 Å². The summed E-state index contributed by atoms with van der Waals surface area (Å²) in [5, 5.41) is 13.6. The lowest BCUT2D eigenvalue weighted by Crippen LogP contribution is -2.47. The summed E-state index contributed by atoms with van der Waals surface area (Å²) in [6.45, 7) is 6.11. The van der Waals surface area contributed by atoms with E-state index in [1.165, 1.54) is 12.5 Å². The van der Waals surface area contributed by atoms with E-state index in [4.69, 9.17) is 9.47 Å². The lowest BCUT2D eigenvalue weighted by atomic mass is 10.1. The number of benzene rings is 1. The number of nitrogens with one attached hydrogen (secondary N) is 1. The van der Waals surface area contributed by atoms with Gasteiger partial charge >= 0.3 is 0 Å². The van der Waals surface area contributed by atoms with Crippen molar-refractivity contribution >= 4 is 5.96 Å². The summed E-state index contributed by atoms with van der Waals surface area (Å²) in [6, 6.07) is 6.29. The van der Waals surface area contributed by atoms with E-state index in [0.717, 1.165) is 57.9 Å². The van der Waals surface area contributed by atoms with Crippen LogP contribution < -0.4 is 5.32 Å². The minimum absolute atomic E-state index is 0.124. The topological polar surface area (TPSA) is 66.3 Å². The molecule has 1 aromatic rings. The molecule has 2 fully saturated rings. The minimum atomic E-state index is -0.957. The summed E-state index contributed by atoms with van der Waals surface area (Å²) in [4.78, 5) is 6.74. The van der Waals surface area contributed by atoms with Crippen LogP contribution in [0.5, 0.6) is 0 Å². The number of piperidine rings is 1. The molecule has 0 bridgehead atoms. The molecule has 0 aliphatic carbocycles. The number of nitrogens with zero attached hydrogens (tertiary/aromatic N) is 2. The van der Waals surface area contributed by atoms with Gasteiger partial charge in [-0.05, 0) is 45.1 Å². The Morgan fingerprint density at radius 3 is 2.79 bits per heavy atom. The average Bonchev–Trinajstić information content (AvgIpc) is 2.76. The highest BCUT2D eigenvalue weighted by molar-refractivity contribution is 5.80. The van der Waals surface area contributed by atoms with E-state index in [2.05, 4.69) is 15.2 Å². The van der Waals surface area contributed by atoms with Gasteiger partial charge in [-0.1, -0.05) is 18.2 Å². The van der Waals surface area contributed by atoms with Gasteiger partial charge in [-0.15, -0.1) is 0 Å². The molecule has 0 spiro atoms. The van der Waals surface area contributed by atoms with Crippen LogP contribution in [-0.2, 0) is 9.47 Å². The zero-order valence-electron chi connectivity index (χ0n) is 17.4. The second-order valence-corrected chi connectivity index (χ2v) is 7.74. The van der Waals surface area contributed by atoms with E-state index in [1.807, 2.05) is 6.92 Å². The lowest BCUT2D eigenvalue weighted by molar-refractivity contribution is -0.0721. The molecule has 6 nitrogen and oxygen atoms in total. The molecular weight excluding hydrogens is 373 g/mol. The largest absolute Gasteiger partial charge is 0.386 e. The van der Waals surface area contributed by atoms with E-state index >= 15 is 0 Å². The monoisotopic (exact) mass is 407 g/mol. The SMILES string of the molecule is CCNC(=NCC(O)c1ccccc1F)N1CCC(OCC2CCCCO2)CC1. The van der Waals surface area contributed by atoms with Crippen LogP contribution in [0.4, 0.5) is 4.39 Å². The third kappa shape index (κ3) is 6.66. The Hall–Kier alpha value is -1.70. The van der Waals surface area contributed by atoms with E-state index < -0.39 is 11.9 Å². The van der Waals surface area contributed by atoms with Gasteiger partial charge in [0.05, 0.1) is 25.4 Å². The van der Waals surface area contributed by atoms with Gasteiger partial charge in [-0.2, -0.15) is 0 Å². The highest BCUT2D eigenvalue weighted by Crippen LogP contribution is 2.19. The van der Waals surface area contributed by atoms with Crippen LogP contribution in [0.25, 0.3) is 0 Å². The third-order valence-electron chi connectivity index (χ3n) is 5.55. The summed E-state index contributed by atoms with van der Waals surface area (Å²) in [7, 11) is 0. The van der Waals surface area contributed by atoms with Crippen LogP contribution in [-0.4, -0.2) is 67.6 Å². The number of halogens is 1. The summed E-state index contributed by atoms with van der Waals surface area (Å²) in [6.07, 6.45) is 4.91. The van der Waals surface area contributed by atoms with Gasteiger partial charge in [0, 0.05) is 31.8 Å². The van der Waals surface area contributed by atoms with Crippen molar-refractivity contribution in [1.29, 1.82) is 0 Å². The first kappa shape index (κ1) is 22.0. The van der Waals surface area contributed by atoms with E-state index in [9.17, 15) is 9.50 Å². The molecular formula is C22H34FN3O3. The summed E-state index contributed by atoms with van der Waals surface area (Å²) >= 11 is 0. The van der Waals surface area contributed by atoms with Crippen molar-refractivity contribution in [2.45, 2.75) is 57.3 Å². The molecule has 2 heterocycles. The normalized spacial score (nSPS) is 22.5. The van der Waals surface area contributed by atoms with Crippen LogP contribution >= 0.6 is 0 Å². The number of likely N-dealkylation sites (tertiary alicyclic amines) is 1. The molecule has 0 saturated carbocycles. The van der Waals surface area contributed by atoms with Crippen LogP contribution in [0.2, 0.25) is 0 Å². The van der Waals surface area contributed by atoms with E-state index in [1.54, 1.807) is 18.2 Å². The number of hydrogen-bond donors (Lipinski definition) is 2. The third-order valence-corrected chi connectivity index (χ3v) is 5.55. The highest BCUT2D eigenvalue weighted by atomic mass is 19.1. The molecule has 0 amide bonds. The Kier molecular flexibility index (Phi) is 8.70. The second kappa shape index (κ2) is 11.5. The molecule has 7 heteroatoms. The van der Waals surface area contributed by atoms with E-state index in [-0.39, 0.29) is 24.3 Å². The van der Waals surface area contributed by atoms with Crippen molar-refractivity contribution < 1.29 is 19.0 Å². The van der Waals surface area contributed by atoms with Gasteiger partial charge in [0.2, 0.25) is 0 Å². The Bertz CT molecular complexity index is 644. The number of ether oxygens (including phenoxy) is 2. The lowest BCUT2D eigenvalue weighted by Gasteiger charge is -2.35. The number of aliphatic imine (C=N–C) groups is 1. The summed E-state index contributed by atoms with van der Waals surface area (Å²) in [5.41, 5.74) is 0.282. The van der Waals surface area contributed by atoms with E-state index in [0.29, 0.717) is 6.61 Å². The first-order chi connectivity index (χ1) is 14.2. The molecule has 0 aromatic heterocycles. The van der Waals surface area contributed by atoms with Gasteiger partial charge < -0.3 is 24.8 Å². The highest BCUT2D eigenvalue weighted by Gasteiger charge is 2.24. The van der Waals surface area contributed by atoms with Gasteiger partial charge in [-0.3, -0.25) is 4.99 Å². The fourth-order valence-corrected chi connectivity index (χ4v) is 3.86. The molecule has 2 unspecified atom stereocenters. The predicted molar refractivity (Wildman–Crippen MR) is 111 cm³/mol. The molecule has 2 atom stereocenters.